The molecule has 0 unspecified atom stereocenters. The van der Waals surface area contributed by atoms with Crippen LogP contribution in [0.15, 0.2) is 12.1 Å². The highest BCUT2D eigenvalue weighted by atomic mass is 32.2. The van der Waals surface area contributed by atoms with Gasteiger partial charge in [-0.3, -0.25) is 4.72 Å². The summed E-state index contributed by atoms with van der Waals surface area (Å²) >= 11 is 0. The van der Waals surface area contributed by atoms with Crippen molar-refractivity contribution < 1.29 is 13.2 Å². The van der Waals surface area contributed by atoms with E-state index in [0.717, 1.165) is 11.1 Å². The molecule has 1 aromatic carbocycles. The van der Waals surface area contributed by atoms with Gasteiger partial charge in [-0.2, -0.15) is 0 Å². The summed E-state index contributed by atoms with van der Waals surface area (Å²) in [6, 6.07) is 3.48. The summed E-state index contributed by atoms with van der Waals surface area (Å²) in [5.74, 6) is -0.0631. The Kier molecular flexibility index (Phi) is 4.36. The first kappa shape index (κ1) is 13.8. The fourth-order valence-electron chi connectivity index (χ4n) is 1.36. The van der Waals surface area contributed by atoms with Crippen LogP contribution in [0.25, 0.3) is 0 Å². The number of hydrogen-bond donors (Lipinski definition) is 2. The van der Waals surface area contributed by atoms with E-state index in [-0.39, 0.29) is 12.4 Å². The van der Waals surface area contributed by atoms with Crippen LogP contribution in [0, 0.1) is 13.8 Å². The number of methoxy groups -OCH3 is 1. The molecule has 0 atom stereocenters. The Hall–Kier alpha value is -1.27. The molecular weight excluding hydrogens is 240 g/mol. The molecule has 17 heavy (non-hydrogen) atoms. The van der Waals surface area contributed by atoms with Crippen LogP contribution >= 0.6 is 0 Å². The lowest BCUT2D eigenvalue weighted by Gasteiger charge is -2.12. The Morgan fingerprint density at radius 2 is 1.94 bits per heavy atom. The number of hydrogen-bond acceptors (Lipinski definition) is 4. The van der Waals surface area contributed by atoms with Crippen LogP contribution in [-0.2, 0) is 14.8 Å². The van der Waals surface area contributed by atoms with Gasteiger partial charge >= 0.3 is 0 Å². The fraction of sp³-hybridized carbons (Fsp3) is 0.455. The number of nitrogens with two attached hydrogens (primary N) is 1. The van der Waals surface area contributed by atoms with E-state index in [9.17, 15) is 8.42 Å². The minimum atomic E-state index is -3.36. The van der Waals surface area contributed by atoms with Crippen LogP contribution in [0.2, 0.25) is 0 Å². The number of rotatable bonds is 5. The Morgan fingerprint density at radius 3 is 2.53 bits per heavy atom. The predicted molar refractivity (Wildman–Crippen MR) is 69.6 cm³/mol. The van der Waals surface area contributed by atoms with Crippen molar-refractivity contribution in [2.45, 2.75) is 13.8 Å². The van der Waals surface area contributed by atoms with Crippen LogP contribution in [-0.4, -0.2) is 27.9 Å². The van der Waals surface area contributed by atoms with Crippen molar-refractivity contribution in [2.75, 3.05) is 29.9 Å². The van der Waals surface area contributed by atoms with E-state index in [1.54, 1.807) is 12.1 Å². The van der Waals surface area contributed by atoms with Crippen LogP contribution in [0.5, 0.6) is 0 Å². The van der Waals surface area contributed by atoms with Gasteiger partial charge in [-0.25, -0.2) is 8.42 Å². The minimum Gasteiger partial charge on any atom is -0.399 e. The SMILES string of the molecule is COCCS(=O)(=O)Nc1cc(C)c(N)cc1C. The molecule has 5 nitrogen and oxygen atoms in total. The molecular formula is C11H18N2O3S. The molecule has 0 bridgehead atoms. The van der Waals surface area contributed by atoms with Gasteiger partial charge in [0.25, 0.3) is 0 Å². The van der Waals surface area contributed by atoms with E-state index in [0.29, 0.717) is 11.4 Å². The van der Waals surface area contributed by atoms with E-state index < -0.39 is 10.0 Å². The zero-order valence-electron chi connectivity index (χ0n) is 10.3. The molecule has 0 radical (unpaired) electrons. The van der Waals surface area contributed by atoms with Crippen LogP contribution in [0.4, 0.5) is 11.4 Å². The van der Waals surface area contributed by atoms with E-state index in [2.05, 4.69) is 4.72 Å². The van der Waals surface area contributed by atoms with Gasteiger partial charge in [0.15, 0.2) is 0 Å². The molecule has 0 aliphatic rings. The second kappa shape index (κ2) is 5.37. The van der Waals surface area contributed by atoms with Crippen molar-refractivity contribution in [3.63, 3.8) is 0 Å². The molecule has 0 saturated carbocycles. The third-order valence-electron chi connectivity index (χ3n) is 2.43. The molecule has 0 saturated heterocycles. The minimum absolute atomic E-state index is 0.0631. The third-order valence-corrected chi connectivity index (χ3v) is 3.67. The van der Waals surface area contributed by atoms with Gasteiger partial charge in [0.05, 0.1) is 18.0 Å². The van der Waals surface area contributed by atoms with E-state index in [1.807, 2.05) is 13.8 Å². The highest BCUT2D eigenvalue weighted by Gasteiger charge is 2.12. The molecule has 0 fully saturated rings. The summed E-state index contributed by atoms with van der Waals surface area (Å²) in [5.41, 5.74) is 8.60. The first-order valence-electron chi connectivity index (χ1n) is 5.22. The van der Waals surface area contributed by atoms with Gasteiger partial charge in [0.1, 0.15) is 0 Å². The number of ether oxygens (including phenoxy) is 1. The van der Waals surface area contributed by atoms with Gasteiger partial charge in [-0.1, -0.05) is 0 Å². The number of nitrogens with one attached hydrogen (secondary N) is 1. The topological polar surface area (TPSA) is 81.4 Å². The summed E-state index contributed by atoms with van der Waals surface area (Å²) in [7, 11) is -1.90. The molecule has 0 aliphatic heterocycles. The summed E-state index contributed by atoms with van der Waals surface area (Å²) in [4.78, 5) is 0. The van der Waals surface area contributed by atoms with Gasteiger partial charge in [-0.15, -0.1) is 0 Å². The zero-order valence-corrected chi connectivity index (χ0v) is 11.1. The second-order valence-electron chi connectivity index (χ2n) is 3.94. The molecule has 0 aliphatic carbocycles. The average molecular weight is 258 g/mol. The third kappa shape index (κ3) is 3.90. The van der Waals surface area contributed by atoms with Crippen LogP contribution < -0.4 is 10.5 Å². The van der Waals surface area contributed by atoms with Crippen LogP contribution in [0.3, 0.4) is 0 Å². The Morgan fingerprint density at radius 1 is 1.29 bits per heavy atom. The standard InChI is InChI=1S/C11H18N2O3S/c1-8-7-11(9(2)6-10(8)12)13-17(14,15)5-4-16-3/h6-7,13H,4-5,12H2,1-3H3. The van der Waals surface area contributed by atoms with E-state index in [1.165, 1.54) is 7.11 Å². The first-order chi connectivity index (χ1) is 7.85. The van der Waals surface area contributed by atoms with Gasteiger partial charge < -0.3 is 10.5 Å². The Labute approximate surface area is 102 Å². The maximum absolute atomic E-state index is 11.7. The highest BCUT2D eigenvalue weighted by molar-refractivity contribution is 7.92. The Bertz CT molecular complexity index is 498. The maximum atomic E-state index is 11.7. The largest absolute Gasteiger partial charge is 0.399 e. The number of anilines is 2. The first-order valence-corrected chi connectivity index (χ1v) is 6.87. The second-order valence-corrected chi connectivity index (χ2v) is 5.78. The van der Waals surface area contributed by atoms with Crippen molar-refractivity contribution in [3.05, 3.63) is 23.3 Å². The lowest BCUT2D eigenvalue weighted by molar-refractivity contribution is 0.217. The molecule has 0 aromatic heterocycles. The average Bonchev–Trinajstić information content (AvgIpc) is 2.23. The van der Waals surface area contributed by atoms with Crippen molar-refractivity contribution in [3.8, 4) is 0 Å². The van der Waals surface area contributed by atoms with Gasteiger partial charge in [0.2, 0.25) is 10.0 Å². The maximum Gasteiger partial charge on any atom is 0.235 e. The molecule has 6 heteroatoms. The molecule has 3 N–H and O–H groups in total. The summed E-state index contributed by atoms with van der Waals surface area (Å²) < 4.78 is 30.6. The summed E-state index contributed by atoms with van der Waals surface area (Å²) in [6.07, 6.45) is 0. The molecule has 0 heterocycles. The van der Waals surface area contributed by atoms with Crippen molar-refractivity contribution in [1.29, 1.82) is 0 Å². The molecule has 1 rings (SSSR count). The number of benzene rings is 1. The van der Waals surface area contributed by atoms with Gasteiger partial charge in [-0.05, 0) is 37.1 Å². The van der Waals surface area contributed by atoms with Crippen molar-refractivity contribution in [1.82, 2.24) is 0 Å². The van der Waals surface area contributed by atoms with Gasteiger partial charge in [0, 0.05) is 12.8 Å². The van der Waals surface area contributed by atoms with Crippen molar-refractivity contribution in [2.24, 2.45) is 0 Å². The smallest absolute Gasteiger partial charge is 0.235 e. The Balaban J connectivity index is 2.92. The monoisotopic (exact) mass is 258 g/mol. The molecule has 96 valence electrons. The predicted octanol–water partition coefficient (Wildman–Crippen LogP) is 1.27. The normalized spacial score (nSPS) is 11.5. The van der Waals surface area contributed by atoms with E-state index in [4.69, 9.17) is 10.5 Å². The number of sulfonamides is 1. The zero-order chi connectivity index (χ0) is 13.1. The molecule has 0 spiro atoms. The highest BCUT2D eigenvalue weighted by Crippen LogP contribution is 2.22. The number of nitrogen functional groups attached to an aromatic ring is 1. The summed E-state index contributed by atoms with van der Waals surface area (Å²) in [5, 5.41) is 0. The molecule has 0 amide bonds. The quantitative estimate of drug-likeness (QED) is 0.779. The summed E-state index contributed by atoms with van der Waals surface area (Å²) in [6.45, 7) is 3.81. The fourth-order valence-corrected chi connectivity index (χ4v) is 2.40. The molecule has 1 aromatic rings. The lowest BCUT2D eigenvalue weighted by Crippen LogP contribution is -2.20. The lowest BCUT2D eigenvalue weighted by atomic mass is 10.1. The van der Waals surface area contributed by atoms with Crippen molar-refractivity contribution >= 4 is 21.4 Å². The van der Waals surface area contributed by atoms with Crippen LogP contribution in [0.1, 0.15) is 11.1 Å². The van der Waals surface area contributed by atoms with E-state index >= 15 is 0 Å². The number of aryl methyl sites for hydroxylation is 2.